The van der Waals surface area contributed by atoms with Crippen LogP contribution >= 0.6 is 23.4 Å². The van der Waals surface area contributed by atoms with Crippen molar-refractivity contribution >= 4 is 45.9 Å². The highest BCUT2D eigenvalue weighted by Crippen LogP contribution is 2.43. The van der Waals surface area contributed by atoms with Gasteiger partial charge in [0, 0.05) is 48.0 Å². The maximum Gasteiger partial charge on any atom is 0.143 e. The third-order valence-corrected chi connectivity index (χ3v) is 8.08. The predicted molar refractivity (Wildman–Crippen MR) is 122 cm³/mol. The molecule has 0 amide bonds. The van der Waals surface area contributed by atoms with Crippen LogP contribution in [0.15, 0.2) is 40.8 Å². The molecule has 2 fully saturated rings. The van der Waals surface area contributed by atoms with Gasteiger partial charge in [-0.05, 0) is 25.8 Å². The minimum atomic E-state index is 0.0655. The molecule has 2 aliphatic rings. The molecular weight excluding hydrogens is 434 g/mol. The Hall–Kier alpha value is -2.20. The summed E-state index contributed by atoms with van der Waals surface area (Å²) in [6.45, 7) is 4.56. The molecule has 2 saturated heterocycles. The highest BCUT2D eigenvalue weighted by molar-refractivity contribution is 7.99. The van der Waals surface area contributed by atoms with Crippen molar-refractivity contribution in [2.75, 3.05) is 30.3 Å². The van der Waals surface area contributed by atoms with Crippen molar-refractivity contribution in [3.63, 3.8) is 0 Å². The zero-order valence-electron chi connectivity index (χ0n) is 17.2. The minimum absolute atomic E-state index is 0.0655. The second-order valence-electron chi connectivity index (χ2n) is 8.23. The van der Waals surface area contributed by atoms with E-state index in [9.17, 15) is 0 Å². The molecule has 5 rings (SSSR count). The van der Waals surface area contributed by atoms with Gasteiger partial charge in [-0.2, -0.15) is 0 Å². The summed E-state index contributed by atoms with van der Waals surface area (Å²) >= 11 is 7.81. The minimum Gasteiger partial charge on any atom is -0.382 e. The summed E-state index contributed by atoms with van der Waals surface area (Å²) < 4.78 is 5.85. The van der Waals surface area contributed by atoms with Gasteiger partial charge in [-0.25, -0.2) is 19.9 Å². The fourth-order valence-corrected chi connectivity index (χ4v) is 5.69. The lowest BCUT2D eigenvalue weighted by Gasteiger charge is -2.41. The monoisotopic (exact) mass is 457 g/mol. The van der Waals surface area contributed by atoms with Crippen molar-refractivity contribution in [2.24, 2.45) is 11.1 Å². The first-order chi connectivity index (χ1) is 15.0. The maximum absolute atomic E-state index is 6.47. The van der Waals surface area contributed by atoms with Crippen LogP contribution in [0.5, 0.6) is 0 Å². The highest BCUT2D eigenvalue weighted by atomic mass is 35.5. The van der Waals surface area contributed by atoms with Crippen LogP contribution in [0, 0.1) is 5.41 Å². The molecule has 4 N–H and O–H groups in total. The quantitative estimate of drug-likeness (QED) is 0.611. The Bertz CT molecular complexity index is 1120. The average Bonchev–Trinajstić information content (AvgIpc) is 3.06. The van der Waals surface area contributed by atoms with Gasteiger partial charge in [0.2, 0.25) is 0 Å². The Morgan fingerprint density at radius 1 is 1.19 bits per heavy atom. The standard InChI is InChI=1S/C21H24ClN7OS/c1-12-18(23)21(10-30-12)3-6-29(7-4-21)20-13-8-25-11-28-17(13)15(9-27-20)31-14-2-5-26-19(24)16(14)22/h2,5,8-9,11-12,18H,3-4,6-7,10,23H2,1H3,(H2,24,26)/t12-,18+/m0/s1. The van der Waals surface area contributed by atoms with Crippen molar-refractivity contribution in [3.05, 3.63) is 36.0 Å². The number of fused-ring (bicyclic) bond motifs is 1. The molecule has 0 bridgehead atoms. The summed E-state index contributed by atoms with van der Waals surface area (Å²) in [5, 5.41) is 1.35. The van der Waals surface area contributed by atoms with Gasteiger partial charge in [-0.15, -0.1) is 0 Å². The molecule has 0 aliphatic carbocycles. The number of anilines is 2. The first-order valence-corrected chi connectivity index (χ1v) is 11.5. The van der Waals surface area contributed by atoms with Crippen LogP contribution in [0.3, 0.4) is 0 Å². The molecule has 0 aromatic carbocycles. The number of nitrogen functional groups attached to an aromatic ring is 1. The number of nitrogens with two attached hydrogens (primary N) is 2. The number of piperidine rings is 1. The smallest absolute Gasteiger partial charge is 0.143 e. The van der Waals surface area contributed by atoms with Crippen molar-refractivity contribution in [3.8, 4) is 0 Å². The van der Waals surface area contributed by atoms with E-state index in [1.54, 1.807) is 12.5 Å². The number of pyridine rings is 2. The van der Waals surface area contributed by atoms with Crippen molar-refractivity contribution in [2.45, 2.75) is 41.7 Å². The molecule has 0 unspecified atom stereocenters. The summed E-state index contributed by atoms with van der Waals surface area (Å²) in [7, 11) is 0. The zero-order chi connectivity index (χ0) is 21.6. The van der Waals surface area contributed by atoms with Crippen LogP contribution in [-0.2, 0) is 4.74 Å². The first kappa shape index (κ1) is 20.7. The molecule has 3 aromatic heterocycles. The Balaban J connectivity index is 1.44. The van der Waals surface area contributed by atoms with Crippen molar-refractivity contribution in [1.29, 1.82) is 0 Å². The number of nitrogens with zero attached hydrogens (tertiary/aromatic N) is 5. The molecular formula is C21H24ClN7OS. The van der Waals surface area contributed by atoms with Crippen LogP contribution in [0.1, 0.15) is 19.8 Å². The first-order valence-electron chi connectivity index (χ1n) is 10.3. The molecule has 2 aliphatic heterocycles. The van der Waals surface area contributed by atoms with Crippen molar-refractivity contribution < 1.29 is 4.74 Å². The van der Waals surface area contributed by atoms with E-state index in [2.05, 4.69) is 26.8 Å². The number of hydrogen-bond acceptors (Lipinski definition) is 9. The van der Waals surface area contributed by atoms with E-state index in [1.807, 2.05) is 18.5 Å². The molecule has 1 spiro atoms. The fraction of sp³-hybridized carbons (Fsp3) is 0.429. The number of rotatable bonds is 3. The van der Waals surface area contributed by atoms with E-state index in [-0.39, 0.29) is 17.6 Å². The van der Waals surface area contributed by atoms with Gasteiger partial charge in [0.05, 0.1) is 33.5 Å². The van der Waals surface area contributed by atoms with E-state index >= 15 is 0 Å². The van der Waals surface area contributed by atoms with Crippen LogP contribution in [0.4, 0.5) is 11.6 Å². The molecule has 0 saturated carbocycles. The number of hydrogen-bond donors (Lipinski definition) is 2. The SMILES string of the molecule is C[C@@H]1OCC2(CCN(c3ncc(Sc4ccnc(N)c4Cl)c4ncncc34)CC2)[C@@H]1N. The second-order valence-corrected chi connectivity index (χ2v) is 9.69. The molecule has 162 valence electrons. The Morgan fingerprint density at radius 2 is 2.00 bits per heavy atom. The third kappa shape index (κ3) is 3.59. The van der Waals surface area contributed by atoms with E-state index in [1.165, 1.54) is 11.8 Å². The lowest BCUT2D eigenvalue weighted by molar-refractivity contribution is 0.0974. The Morgan fingerprint density at radius 3 is 2.74 bits per heavy atom. The summed E-state index contributed by atoms with van der Waals surface area (Å²) in [5.74, 6) is 1.21. The molecule has 10 heteroatoms. The number of aromatic nitrogens is 4. The molecule has 31 heavy (non-hydrogen) atoms. The number of ether oxygens (including phenoxy) is 1. The van der Waals surface area contributed by atoms with Crippen LogP contribution in [0.2, 0.25) is 5.02 Å². The van der Waals surface area contributed by atoms with E-state index in [0.29, 0.717) is 10.8 Å². The van der Waals surface area contributed by atoms with E-state index in [4.69, 9.17) is 32.8 Å². The number of halogens is 1. The molecule has 5 heterocycles. The van der Waals surface area contributed by atoms with Gasteiger partial charge in [-0.3, -0.25) is 0 Å². The molecule has 2 atom stereocenters. The highest BCUT2D eigenvalue weighted by Gasteiger charge is 2.47. The van der Waals surface area contributed by atoms with Gasteiger partial charge in [0.15, 0.2) is 0 Å². The fourth-order valence-electron chi connectivity index (χ4n) is 4.54. The van der Waals surface area contributed by atoms with Crippen LogP contribution < -0.4 is 16.4 Å². The Labute approximate surface area is 189 Å². The Kier molecular flexibility index (Phi) is 5.37. The normalized spacial score (nSPS) is 23.0. The van der Waals surface area contributed by atoms with E-state index < -0.39 is 0 Å². The van der Waals surface area contributed by atoms with Gasteiger partial charge >= 0.3 is 0 Å². The summed E-state index contributed by atoms with van der Waals surface area (Å²) in [5.41, 5.74) is 13.2. The average molecular weight is 458 g/mol. The van der Waals surface area contributed by atoms with Crippen LogP contribution in [-0.4, -0.2) is 51.8 Å². The zero-order valence-corrected chi connectivity index (χ0v) is 18.7. The molecule has 8 nitrogen and oxygen atoms in total. The van der Waals surface area contributed by atoms with Gasteiger partial charge in [-0.1, -0.05) is 23.4 Å². The van der Waals surface area contributed by atoms with Gasteiger partial charge in [0.1, 0.15) is 18.0 Å². The lowest BCUT2D eigenvalue weighted by atomic mass is 9.73. The van der Waals surface area contributed by atoms with E-state index in [0.717, 1.165) is 59.0 Å². The van der Waals surface area contributed by atoms with Gasteiger partial charge in [0.25, 0.3) is 0 Å². The second kappa shape index (κ2) is 8.05. The lowest BCUT2D eigenvalue weighted by Crippen LogP contribution is -2.50. The van der Waals surface area contributed by atoms with Gasteiger partial charge < -0.3 is 21.1 Å². The topological polar surface area (TPSA) is 116 Å². The summed E-state index contributed by atoms with van der Waals surface area (Å²) in [6, 6.07) is 1.92. The van der Waals surface area contributed by atoms with Crippen molar-refractivity contribution in [1.82, 2.24) is 19.9 Å². The summed E-state index contributed by atoms with van der Waals surface area (Å²) in [4.78, 5) is 21.6. The largest absolute Gasteiger partial charge is 0.382 e. The van der Waals surface area contributed by atoms with Crippen LogP contribution in [0.25, 0.3) is 10.9 Å². The third-order valence-electron chi connectivity index (χ3n) is 6.50. The molecule has 3 aromatic rings. The predicted octanol–water partition coefficient (Wildman–Crippen LogP) is 3.14. The summed E-state index contributed by atoms with van der Waals surface area (Å²) in [6.07, 6.45) is 8.96. The molecule has 0 radical (unpaired) electrons. The maximum atomic E-state index is 6.47.